The molecule has 0 amide bonds. The summed E-state index contributed by atoms with van der Waals surface area (Å²) in [6.45, 7) is 5.86. The Kier molecular flexibility index (Phi) is 3.32. The lowest BCUT2D eigenvalue weighted by Gasteiger charge is -2.20. The molecule has 18 heavy (non-hydrogen) atoms. The van der Waals surface area contributed by atoms with Crippen molar-refractivity contribution < 1.29 is 0 Å². The molecule has 1 N–H and O–H groups in total. The van der Waals surface area contributed by atoms with Crippen LogP contribution in [-0.4, -0.2) is 24.6 Å². The third kappa shape index (κ3) is 2.05. The first-order valence-electron chi connectivity index (χ1n) is 7.12. The van der Waals surface area contributed by atoms with Crippen LogP contribution in [0.3, 0.4) is 0 Å². The molecule has 100 valence electrons. The monoisotopic (exact) mass is 265 g/mol. The zero-order chi connectivity index (χ0) is 12.7. The maximum absolute atomic E-state index is 4.92. The number of nitrogens with zero attached hydrogens (tertiary/aromatic N) is 2. The Morgan fingerprint density at radius 2 is 2.22 bits per heavy atom. The first kappa shape index (κ1) is 12.4. The zero-order valence-corrected chi connectivity index (χ0v) is 12.4. The van der Waals surface area contributed by atoms with Gasteiger partial charge in [0, 0.05) is 23.5 Å². The van der Waals surface area contributed by atoms with Crippen molar-refractivity contribution in [3.05, 3.63) is 10.6 Å². The highest BCUT2D eigenvalue weighted by Crippen LogP contribution is 2.39. The summed E-state index contributed by atoms with van der Waals surface area (Å²) in [5.41, 5.74) is 1.35. The first-order chi connectivity index (χ1) is 8.69. The summed E-state index contributed by atoms with van der Waals surface area (Å²) >= 11 is 1.92. The molecule has 0 aromatic carbocycles. The van der Waals surface area contributed by atoms with Crippen LogP contribution in [0, 0.1) is 5.92 Å². The lowest BCUT2D eigenvalue weighted by atomic mass is 9.98. The van der Waals surface area contributed by atoms with Crippen molar-refractivity contribution in [2.45, 2.75) is 51.6 Å². The van der Waals surface area contributed by atoms with Crippen molar-refractivity contribution >= 4 is 16.5 Å². The van der Waals surface area contributed by atoms with Gasteiger partial charge >= 0.3 is 0 Å². The van der Waals surface area contributed by atoms with Crippen LogP contribution in [0.1, 0.15) is 49.7 Å². The standard InChI is InChI=1S/C14H23N3S/c1-9-7-10(2)17(8-9)14-16-12-6-4-5-11(15-3)13(12)18-14/h9-11,15H,4-8H2,1-3H3. The Bertz CT molecular complexity index is 429. The number of nitrogens with one attached hydrogen (secondary N) is 1. The molecule has 0 bridgehead atoms. The fraction of sp³-hybridized carbons (Fsp3) is 0.786. The van der Waals surface area contributed by atoms with Crippen LogP contribution in [0.5, 0.6) is 0 Å². The molecular formula is C14H23N3S. The lowest BCUT2D eigenvalue weighted by Crippen LogP contribution is -2.26. The van der Waals surface area contributed by atoms with Crippen molar-refractivity contribution in [1.82, 2.24) is 10.3 Å². The molecule has 2 heterocycles. The maximum Gasteiger partial charge on any atom is 0.186 e. The molecule has 1 saturated heterocycles. The summed E-state index contributed by atoms with van der Waals surface area (Å²) in [5.74, 6) is 0.807. The molecule has 3 unspecified atom stereocenters. The fourth-order valence-corrected chi connectivity index (χ4v) is 4.74. The van der Waals surface area contributed by atoms with Crippen LogP contribution in [-0.2, 0) is 6.42 Å². The summed E-state index contributed by atoms with van der Waals surface area (Å²) in [6, 6.07) is 1.19. The summed E-state index contributed by atoms with van der Waals surface area (Å²) in [5, 5.41) is 4.70. The van der Waals surface area contributed by atoms with E-state index in [1.807, 2.05) is 11.3 Å². The summed E-state index contributed by atoms with van der Waals surface area (Å²) in [6.07, 6.45) is 5.01. The first-order valence-corrected chi connectivity index (χ1v) is 7.94. The molecule has 1 aliphatic heterocycles. The van der Waals surface area contributed by atoms with Crippen LogP contribution in [0.2, 0.25) is 0 Å². The minimum absolute atomic E-state index is 0.537. The van der Waals surface area contributed by atoms with Crippen molar-refractivity contribution in [2.75, 3.05) is 18.5 Å². The molecule has 4 heteroatoms. The minimum atomic E-state index is 0.537. The van der Waals surface area contributed by atoms with Crippen molar-refractivity contribution in [1.29, 1.82) is 0 Å². The van der Waals surface area contributed by atoms with Gasteiger partial charge in [-0.05, 0) is 45.6 Å². The largest absolute Gasteiger partial charge is 0.345 e. The maximum atomic E-state index is 4.92. The number of rotatable bonds is 2. The highest BCUT2D eigenvalue weighted by Gasteiger charge is 2.31. The SMILES string of the molecule is CNC1CCCc2nc(N3CC(C)CC3C)sc21. The van der Waals surface area contributed by atoms with Gasteiger partial charge in [-0.25, -0.2) is 4.98 Å². The average Bonchev–Trinajstić information content (AvgIpc) is 2.91. The van der Waals surface area contributed by atoms with Crippen LogP contribution < -0.4 is 10.2 Å². The number of aryl methyl sites for hydroxylation is 1. The number of aromatic nitrogens is 1. The Balaban J connectivity index is 1.88. The normalized spacial score (nSPS) is 31.7. The average molecular weight is 265 g/mol. The van der Waals surface area contributed by atoms with Gasteiger partial charge in [-0.15, -0.1) is 0 Å². The van der Waals surface area contributed by atoms with E-state index in [1.165, 1.54) is 47.9 Å². The van der Waals surface area contributed by atoms with Gasteiger partial charge < -0.3 is 10.2 Å². The molecule has 1 aliphatic carbocycles. The summed E-state index contributed by atoms with van der Waals surface area (Å²) in [7, 11) is 2.07. The molecule has 0 spiro atoms. The second kappa shape index (κ2) is 4.82. The molecule has 3 rings (SSSR count). The molecule has 2 aliphatic rings. The zero-order valence-electron chi connectivity index (χ0n) is 11.6. The van der Waals surface area contributed by atoms with Gasteiger partial charge in [0.05, 0.1) is 5.69 Å². The van der Waals surface area contributed by atoms with Crippen molar-refractivity contribution in [2.24, 2.45) is 5.92 Å². The second-order valence-corrected chi connectivity index (χ2v) is 6.89. The molecular weight excluding hydrogens is 242 g/mol. The molecule has 3 nitrogen and oxygen atoms in total. The molecule has 1 aromatic heterocycles. The van der Waals surface area contributed by atoms with E-state index in [-0.39, 0.29) is 0 Å². The highest BCUT2D eigenvalue weighted by molar-refractivity contribution is 7.15. The van der Waals surface area contributed by atoms with E-state index in [2.05, 4.69) is 31.1 Å². The summed E-state index contributed by atoms with van der Waals surface area (Å²) in [4.78, 5) is 8.93. The second-order valence-electron chi connectivity index (χ2n) is 5.88. The predicted octanol–water partition coefficient (Wildman–Crippen LogP) is 2.97. The van der Waals surface area contributed by atoms with E-state index < -0.39 is 0 Å². The third-order valence-corrected chi connectivity index (χ3v) is 5.57. The van der Waals surface area contributed by atoms with Gasteiger partial charge in [-0.2, -0.15) is 0 Å². The van der Waals surface area contributed by atoms with E-state index in [4.69, 9.17) is 4.98 Å². The Labute approximate surface area is 114 Å². The number of anilines is 1. The minimum Gasteiger partial charge on any atom is -0.345 e. The Morgan fingerprint density at radius 3 is 2.89 bits per heavy atom. The van der Waals surface area contributed by atoms with Crippen LogP contribution in [0.4, 0.5) is 5.13 Å². The topological polar surface area (TPSA) is 28.2 Å². The van der Waals surface area contributed by atoms with Crippen LogP contribution in [0.25, 0.3) is 0 Å². The molecule has 3 atom stereocenters. The van der Waals surface area contributed by atoms with Crippen LogP contribution >= 0.6 is 11.3 Å². The Hall–Kier alpha value is -0.610. The van der Waals surface area contributed by atoms with E-state index in [0.717, 1.165) is 5.92 Å². The molecule has 1 aromatic rings. The smallest absolute Gasteiger partial charge is 0.186 e. The molecule has 0 radical (unpaired) electrons. The van der Waals surface area contributed by atoms with Gasteiger partial charge in [0.2, 0.25) is 0 Å². The van der Waals surface area contributed by atoms with E-state index in [9.17, 15) is 0 Å². The van der Waals surface area contributed by atoms with Gasteiger partial charge in [-0.3, -0.25) is 0 Å². The number of hydrogen-bond acceptors (Lipinski definition) is 4. The quantitative estimate of drug-likeness (QED) is 0.891. The number of hydrogen-bond donors (Lipinski definition) is 1. The van der Waals surface area contributed by atoms with E-state index in [1.54, 1.807) is 0 Å². The molecule has 0 saturated carbocycles. The number of thiazole rings is 1. The van der Waals surface area contributed by atoms with Crippen molar-refractivity contribution in [3.63, 3.8) is 0 Å². The van der Waals surface area contributed by atoms with Gasteiger partial charge in [-0.1, -0.05) is 18.3 Å². The Morgan fingerprint density at radius 1 is 1.39 bits per heavy atom. The summed E-state index contributed by atoms with van der Waals surface area (Å²) < 4.78 is 0. The van der Waals surface area contributed by atoms with E-state index >= 15 is 0 Å². The van der Waals surface area contributed by atoms with Crippen LogP contribution in [0.15, 0.2) is 0 Å². The van der Waals surface area contributed by atoms with Gasteiger partial charge in [0.25, 0.3) is 0 Å². The number of fused-ring (bicyclic) bond motifs is 1. The predicted molar refractivity (Wildman–Crippen MR) is 77.4 cm³/mol. The molecule has 1 fully saturated rings. The van der Waals surface area contributed by atoms with Crippen molar-refractivity contribution in [3.8, 4) is 0 Å². The highest BCUT2D eigenvalue weighted by atomic mass is 32.1. The lowest BCUT2D eigenvalue weighted by molar-refractivity contribution is 0.501. The fourth-order valence-electron chi connectivity index (χ4n) is 3.37. The van der Waals surface area contributed by atoms with Gasteiger partial charge in [0.1, 0.15) is 0 Å². The third-order valence-electron chi connectivity index (χ3n) is 4.32. The van der Waals surface area contributed by atoms with Gasteiger partial charge in [0.15, 0.2) is 5.13 Å². The van der Waals surface area contributed by atoms with E-state index in [0.29, 0.717) is 12.1 Å².